The zero-order valence-corrected chi connectivity index (χ0v) is 14.6. The van der Waals surface area contributed by atoms with Gasteiger partial charge in [-0.05, 0) is 43.3 Å². The van der Waals surface area contributed by atoms with Crippen LogP contribution in [0.1, 0.15) is 12.0 Å². The highest BCUT2D eigenvalue weighted by atomic mass is 32.2. The Morgan fingerprint density at radius 2 is 1.46 bits per heavy atom. The second-order valence-electron chi connectivity index (χ2n) is 5.17. The molecule has 0 amide bonds. The Morgan fingerprint density at radius 3 is 2.00 bits per heavy atom. The molecule has 0 aliphatic carbocycles. The molecule has 0 aromatic heterocycles. The van der Waals surface area contributed by atoms with Gasteiger partial charge in [-0.15, -0.1) is 0 Å². The third-order valence-electron chi connectivity index (χ3n) is 3.28. The first-order chi connectivity index (χ1) is 11.2. The predicted molar refractivity (Wildman–Crippen MR) is 90.7 cm³/mol. The van der Waals surface area contributed by atoms with Crippen molar-refractivity contribution in [1.29, 1.82) is 5.26 Å². The molecule has 2 rings (SSSR count). The van der Waals surface area contributed by atoms with Gasteiger partial charge in [0.2, 0.25) is 0 Å². The van der Waals surface area contributed by atoms with Crippen LogP contribution in [0.25, 0.3) is 0 Å². The molecule has 0 atom stereocenters. The number of nitriles is 1. The molecule has 0 radical (unpaired) electrons. The van der Waals surface area contributed by atoms with E-state index in [1.54, 1.807) is 18.2 Å². The summed E-state index contributed by atoms with van der Waals surface area (Å²) in [6, 6.07) is 13.6. The number of hydrogen-bond donors (Lipinski definition) is 1. The maximum atomic E-state index is 12.3. The van der Waals surface area contributed by atoms with Gasteiger partial charge in [-0.2, -0.15) is 5.26 Å². The lowest BCUT2D eigenvalue weighted by Crippen LogP contribution is -2.13. The smallest absolute Gasteiger partial charge is 0.261 e. The Kier molecular flexibility index (Phi) is 5.26. The van der Waals surface area contributed by atoms with Crippen LogP contribution < -0.4 is 4.72 Å². The van der Waals surface area contributed by atoms with Crippen LogP contribution in [0, 0.1) is 18.3 Å². The molecule has 126 valence electrons. The largest absolute Gasteiger partial charge is 0.280 e. The van der Waals surface area contributed by atoms with E-state index in [0.29, 0.717) is 0 Å². The summed E-state index contributed by atoms with van der Waals surface area (Å²) in [6.45, 7) is 1.86. The summed E-state index contributed by atoms with van der Waals surface area (Å²) < 4.78 is 50.8. The minimum atomic E-state index is -3.74. The molecule has 0 unspecified atom stereocenters. The zero-order chi connectivity index (χ0) is 17.8. The summed E-state index contributed by atoms with van der Waals surface area (Å²) in [7, 11) is -7.27. The fraction of sp³-hybridized carbons (Fsp3) is 0.188. The van der Waals surface area contributed by atoms with Crippen LogP contribution in [0.2, 0.25) is 0 Å². The summed E-state index contributed by atoms with van der Waals surface area (Å²) in [5.74, 6) is -0.266. The lowest BCUT2D eigenvalue weighted by Gasteiger charge is -2.09. The van der Waals surface area contributed by atoms with Crippen LogP contribution in [-0.4, -0.2) is 22.6 Å². The Bertz CT molecular complexity index is 956. The number of aryl methyl sites for hydroxylation is 1. The van der Waals surface area contributed by atoms with Crippen molar-refractivity contribution in [1.82, 2.24) is 0 Å². The Hall–Kier alpha value is -2.37. The van der Waals surface area contributed by atoms with Crippen molar-refractivity contribution in [2.24, 2.45) is 0 Å². The van der Waals surface area contributed by atoms with Gasteiger partial charge >= 0.3 is 0 Å². The molecule has 2 aromatic carbocycles. The van der Waals surface area contributed by atoms with E-state index in [-0.39, 0.29) is 27.7 Å². The lowest BCUT2D eigenvalue weighted by atomic mass is 10.2. The zero-order valence-electron chi connectivity index (χ0n) is 12.9. The first-order valence-electron chi connectivity index (χ1n) is 7.04. The Morgan fingerprint density at radius 1 is 0.917 bits per heavy atom. The number of benzene rings is 2. The summed E-state index contributed by atoms with van der Waals surface area (Å²) in [6.07, 6.45) is -0.0931. The molecule has 24 heavy (non-hydrogen) atoms. The van der Waals surface area contributed by atoms with E-state index < -0.39 is 19.9 Å². The number of sulfone groups is 1. The molecule has 0 saturated carbocycles. The van der Waals surface area contributed by atoms with E-state index in [1.165, 1.54) is 36.4 Å². The van der Waals surface area contributed by atoms with Crippen LogP contribution in [0.15, 0.2) is 58.3 Å². The van der Waals surface area contributed by atoms with Crippen molar-refractivity contribution in [3.8, 4) is 6.07 Å². The van der Waals surface area contributed by atoms with E-state index in [9.17, 15) is 16.8 Å². The fourth-order valence-corrected chi connectivity index (χ4v) is 4.16. The molecule has 0 fully saturated rings. The van der Waals surface area contributed by atoms with Crippen molar-refractivity contribution < 1.29 is 16.8 Å². The van der Waals surface area contributed by atoms with Crippen LogP contribution in [-0.2, 0) is 19.9 Å². The van der Waals surface area contributed by atoms with Crippen LogP contribution >= 0.6 is 0 Å². The molecule has 0 saturated heterocycles. The molecular formula is C16H16N2O4S2. The van der Waals surface area contributed by atoms with Gasteiger partial charge in [-0.1, -0.05) is 17.7 Å². The van der Waals surface area contributed by atoms with Crippen molar-refractivity contribution >= 4 is 25.5 Å². The lowest BCUT2D eigenvalue weighted by molar-refractivity contribution is 0.595. The monoisotopic (exact) mass is 364 g/mol. The normalized spacial score (nSPS) is 11.7. The minimum Gasteiger partial charge on any atom is -0.280 e. The molecule has 0 aliphatic rings. The number of hydrogen-bond acceptors (Lipinski definition) is 5. The standard InChI is InChI=1S/C16H16N2O4S2/c1-13-3-7-16(8-4-13)24(21,22)18-14-5-9-15(10-6-14)23(19,20)12-2-11-17/h3-10,18H,2,12H2,1H3. The van der Waals surface area contributed by atoms with Gasteiger partial charge in [0.1, 0.15) is 0 Å². The van der Waals surface area contributed by atoms with Crippen LogP contribution in [0.5, 0.6) is 0 Å². The predicted octanol–water partition coefficient (Wildman–Crippen LogP) is 2.48. The van der Waals surface area contributed by atoms with E-state index >= 15 is 0 Å². The maximum absolute atomic E-state index is 12.3. The SMILES string of the molecule is Cc1ccc(S(=O)(=O)Nc2ccc(S(=O)(=O)CCC#N)cc2)cc1. The van der Waals surface area contributed by atoms with E-state index in [2.05, 4.69) is 4.72 Å². The molecule has 0 spiro atoms. The average molecular weight is 364 g/mol. The molecule has 0 aliphatic heterocycles. The first-order valence-corrected chi connectivity index (χ1v) is 10.2. The quantitative estimate of drug-likeness (QED) is 0.848. The topological polar surface area (TPSA) is 104 Å². The van der Waals surface area contributed by atoms with E-state index in [4.69, 9.17) is 5.26 Å². The summed E-state index contributed by atoms with van der Waals surface area (Å²) in [5, 5.41) is 8.48. The molecule has 1 N–H and O–H groups in total. The van der Waals surface area contributed by atoms with Crippen LogP contribution in [0.3, 0.4) is 0 Å². The van der Waals surface area contributed by atoms with Crippen molar-refractivity contribution in [3.63, 3.8) is 0 Å². The van der Waals surface area contributed by atoms with Crippen molar-refractivity contribution in [2.75, 3.05) is 10.5 Å². The number of anilines is 1. The average Bonchev–Trinajstić information content (AvgIpc) is 2.53. The minimum absolute atomic E-state index is 0.0519. The number of nitrogens with zero attached hydrogens (tertiary/aromatic N) is 1. The number of nitrogens with one attached hydrogen (secondary N) is 1. The first kappa shape index (κ1) is 18.0. The second kappa shape index (κ2) is 7.03. The third kappa shape index (κ3) is 4.34. The van der Waals surface area contributed by atoms with Crippen molar-refractivity contribution in [3.05, 3.63) is 54.1 Å². The Balaban J connectivity index is 2.20. The van der Waals surface area contributed by atoms with Gasteiger partial charge in [0.05, 0.1) is 21.6 Å². The van der Waals surface area contributed by atoms with Gasteiger partial charge in [-0.25, -0.2) is 16.8 Å². The van der Waals surface area contributed by atoms with E-state index in [1.807, 2.05) is 6.92 Å². The summed E-state index contributed by atoms with van der Waals surface area (Å²) in [4.78, 5) is 0.176. The summed E-state index contributed by atoms with van der Waals surface area (Å²) >= 11 is 0. The van der Waals surface area contributed by atoms with Gasteiger partial charge in [0, 0.05) is 12.1 Å². The highest BCUT2D eigenvalue weighted by Gasteiger charge is 2.16. The van der Waals surface area contributed by atoms with Crippen molar-refractivity contribution in [2.45, 2.75) is 23.1 Å². The Labute approximate surface area is 141 Å². The highest BCUT2D eigenvalue weighted by Crippen LogP contribution is 2.19. The molecule has 0 heterocycles. The van der Waals surface area contributed by atoms with Gasteiger partial charge in [0.15, 0.2) is 9.84 Å². The molecule has 2 aromatic rings. The third-order valence-corrected chi connectivity index (χ3v) is 6.41. The summed E-state index contributed by atoms with van der Waals surface area (Å²) in [5.41, 5.74) is 1.20. The maximum Gasteiger partial charge on any atom is 0.261 e. The van der Waals surface area contributed by atoms with E-state index in [0.717, 1.165) is 5.56 Å². The highest BCUT2D eigenvalue weighted by molar-refractivity contribution is 7.92. The fourth-order valence-electron chi connectivity index (χ4n) is 1.96. The molecule has 0 bridgehead atoms. The molecule has 6 nitrogen and oxygen atoms in total. The van der Waals surface area contributed by atoms with Gasteiger partial charge in [0.25, 0.3) is 10.0 Å². The van der Waals surface area contributed by atoms with Crippen LogP contribution in [0.4, 0.5) is 5.69 Å². The van der Waals surface area contributed by atoms with Gasteiger partial charge < -0.3 is 0 Å². The molecular weight excluding hydrogens is 348 g/mol. The van der Waals surface area contributed by atoms with Gasteiger partial charge in [-0.3, -0.25) is 4.72 Å². The number of rotatable bonds is 6. The second-order valence-corrected chi connectivity index (χ2v) is 8.96. The molecule has 8 heteroatoms. The number of sulfonamides is 1.